The van der Waals surface area contributed by atoms with Crippen molar-refractivity contribution in [1.82, 2.24) is 9.56 Å². The largest absolute Gasteiger partial charge is 0.375 e. The molecule has 0 aliphatic heterocycles. The molecular formula is C18H19N3O3S. The Balaban J connectivity index is 1.80. The number of amides is 1. The van der Waals surface area contributed by atoms with Gasteiger partial charge in [0.25, 0.3) is 5.56 Å². The quantitative estimate of drug-likeness (QED) is 0.708. The Bertz CT molecular complexity index is 975. The smallest absolute Gasteiger partial charge is 0.287 e. The summed E-state index contributed by atoms with van der Waals surface area (Å²) in [5.74, 6) is 1.03. The van der Waals surface area contributed by atoms with Crippen molar-refractivity contribution in [2.75, 3.05) is 5.32 Å². The number of nitrogens with one attached hydrogen (secondary N) is 1. The lowest BCUT2D eigenvalue weighted by Crippen LogP contribution is -2.18. The van der Waals surface area contributed by atoms with Crippen LogP contribution >= 0.6 is 11.8 Å². The Hall–Kier alpha value is -2.54. The van der Waals surface area contributed by atoms with Gasteiger partial charge in [0.2, 0.25) is 5.91 Å². The van der Waals surface area contributed by atoms with Crippen LogP contribution in [0.1, 0.15) is 25.3 Å². The maximum Gasteiger partial charge on any atom is 0.287 e. The predicted molar refractivity (Wildman–Crippen MR) is 97.9 cm³/mol. The molecule has 0 unspecified atom stereocenters. The van der Waals surface area contributed by atoms with Gasteiger partial charge in [-0.1, -0.05) is 26.0 Å². The Morgan fingerprint density at radius 3 is 2.84 bits per heavy atom. The zero-order chi connectivity index (χ0) is 18.0. The van der Waals surface area contributed by atoms with Crippen LogP contribution in [0.25, 0.3) is 5.65 Å². The van der Waals surface area contributed by atoms with E-state index in [4.69, 9.17) is 4.52 Å². The molecule has 3 aromatic rings. The second-order valence-electron chi connectivity index (χ2n) is 6.01. The van der Waals surface area contributed by atoms with Crippen molar-refractivity contribution in [3.05, 3.63) is 58.2 Å². The van der Waals surface area contributed by atoms with Crippen molar-refractivity contribution in [3.63, 3.8) is 0 Å². The Kier molecular flexibility index (Phi) is 4.94. The van der Waals surface area contributed by atoms with Gasteiger partial charge in [0.1, 0.15) is 5.76 Å². The van der Waals surface area contributed by atoms with Gasteiger partial charge in [0.05, 0.1) is 11.4 Å². The number of para-hydroxylation sites is 1. The molecule has 6 nitrogen and oxygen atoms in total. The minimum atomic E-state index is -0.241. The van der Waals surface area contributed by atoms with Crippen molar-refractivity contribution in [2.24, 2.45) is 5.92 Å². The molecule has 25 heavy (non-hydrogen) atoms. The first-order valence-corrected chi connectivity index (χ1v) is 8.95. The van der Waals surface area contributed by atoms with E-state index in [0.29, 0.717) is 22.9 Å². The zero-order valence-corrected chi connectivity index (χ0v) is 15.1. The van der Waals surface area contributed by atoms with E-state index in [1.54, 1.807) is 13.0 Å². The number of thioether (sulfide) groups is 1. The Labute approximate surface area is 149 Å². The molecule has 0 saturated heterocycles. The summed E-state index contributed by atoms with van der Waals surface area (Å²) < 4.78 is 6.47. The van der Waals surface area contributed by atoms with Gasteiger partial charge in [-0.3, -0.25) is 9.59 Å². The van der Waals surface area contributed by atoms with Gasteiger partial charge in [0, 0.05) is 28.7 Å². The predicted octanol–water partition coefficient (Wildman–Crippen LogP) is 3.48. The summed E-state index contributed by atoms with van der Waals surface area (Å²) in [6.07, 6.45) is 0. The molecule has 1 N–H and O–H groups in total. The highest BCUT2D eigenvalue weighted by Crippen LogP contribution is 2.29. The van der Waals surface area contributed by atoms with Gasteiger partial charge in [-0.2, -0.15) is 0 Å². The molecule has 130 valence electrons. The highest BCUT2D eigenvalue weighted by Gasteiger charge is 2.11. The van der Waals surface area contributed by atoms with Gasteiger partial charge < -0.3 is 9.84 Å². The molecule has 0 saturated carbocycles. The first kappa shape index (κ1) is 17.3. The number of nitrogens with zero attached hydrogens (tertiary/aromatic N) is 2. The highest BCUT2D eigenvalue weighted by molar-refractivity contribution is 7.98. The minimum Gasteiger partial charge on any atom is -0.375 e. The maximum atomic E-state index is 12.1. The molecule has 0 spiro atoms. The summed E-state index contributed by atoms with van der Waals surface area (Å²) in [5, 5.41) is 2.93. The molecule has 0 bridgehead atoms. The number of fused-ring (bicyclic) bond motifs is 1. The van der Waals surface area contributed by atoms with Gasteiger partial charge in [-0.25, -0.2) is 4.98 Å². The number of carbonyl (C=O) groups is 1. The van der Waals surface area contributed by atoms with Crippen LogP contribution in [0.2, 0.25) is 0 Å². The summed E-state index contributed by atoms with van der Waals surface area (Å²) >= 11 is 1.52. The third kappa shape index (κ3) is 3.93. The summed E-state index contributed by atoms with van der Waals surface area (Å²) in [6.45, 7) is 5.48. The average molecular weight is 357 g/mol. The van der Waals surface area contributed by atoms with Crippen molar-refractivity contribution in [3.8, 4) is 0 Å². The van der Waals surface area contributed by atoms with E-state index >= 15 is 0 Å². The third-order valence-electron chi connectivity index (χ3n) is 3.57. The summed E-state index contributed by atoms with van der Waals surface area (Å²) in [4.78, 5) is 29.4. The van der Waals surface area contributed by atoms with Crippen LogP contribution in [0.15, 0.2) is 50.6 Å². The molecule has 2 aromatic heterocycles. The molecule has 0 atom stereocenters. The van der Waals surface area contributed by atoms with Crippen molar-refractivity contribution in [2.45, 2.75) is 31.4 Å². The van der Waals surface area contributed by atoms with Crippen LogP contribution in [0, 0.1) is 12.8 Å². The van der Waals surface area contributed by atoms with E-state index in [9.17, 15) is 9.59 Å². The number of anilines is 1. The number of hydrogen-bond acceptors (Lipinski definition) is 5. The standard InChI is InChI=1S/C18H19N3O3S/c1-11(2)18(23)20-14-6-4-5-7-15(14)25-10-13-9-17(22)21-16(19-13)8-12(3)24-21/h4-9,11H,10H2,1-3H3,(H,20,23). The first-order valence-electron chi connectivity index (χ1n) is 7.96. The highest BCUT2D eigenvalue weighted by atomic mass is 32.2. The molecule has 0 aliphatic carbocycles. The van der Waals surface area contributed by atoms with E-state index < -0.39 is 0 Å². The van der Waals surface area contributed by atoms with Gasteiger partial charge >= 0.3 is 0 Å². The fourth-order valence-electron chi connectivity index (χ4n) is 2.27. The SMILES string of the molecule is Cc1cc2nc(CSc3ccccc3NC(=O)C(C)C)cc(=O)n2o1. The number of aryl methyl sites for hydroxylation is 1. The molecule has 0 radical (unpaired) electrons. The Morgan fingerprint density at radius 2 is 2.08 bits per heavy atom. The van der Waals surface area contributed by atoms with Gasteiger partial charge in [-0.05, 0) is 19.1 Å². The summed E-state index contributed by atoms with van der Waals surface area (Å²) in [6, 6.07) is 10.8. The molecule has 1 aromatic carbocycles. The van der Waals surface area contributed by atoms with E-state index in [1.807, 2.05) is 38.1 Å². The zero-order valence-electron chi connectivity index (χ0n) is 14.3. The lowest BCUT2D eigenvalue weighted by Gasteiger charge is -2.12. The number of benzene rings is 1. The van der Waals surface area contributed by atoms with Crippen LogP contribution in [-0.4, -0.2) is 15.5 Å². The molecule has 3 rings (SSSR count). The fourth-order valence-corrected chi connectivity index (χ4v) is 3.17. The second-order valence-corrected chi connectivity index (χ2v) is 7.03. The monoisotopic (exact) mass is 357 g/mol. The van der Waals surface area contributed by atoms with Crippen LogP contribution < -0.4 is 10.9 Å². The molecule has 1 amide bonds. The van der Waals surface area contributed by atoms with E-state index in [-0.39, 0.29) is 17.4 Å². The van der Waals surface area contributed by atoms with Crippen LogP contribution in [-0.2, 0) is 10.5 Å². The molecule has 7 heteroatoms. The number of rotatable bonds is 5. The first-order chi connectivity index (χ1) is 11.9. The molecule has 0 fully saturated rings. The van der Waals surface area contributed by atoms with E-state index in [2.05, 4.69) is 10.3 Å². The molecule has 0 aliphatic rings. The maximum absolute atomic E-state index is 12.1. The minimum absolute atomic E-state index is 0.0280. The Morgan fingerprint density at radius 1 is 1.32 bits per heavy atom. The topological polar surface area (TPSA) is 76.6 Å². The van der Waals surface area contributed by atoms with E-state index in [0.717, 1.165) is 10.6 Å². The van der Waals surface area contributed by atoms with Crippen LogP contribution in [0.3, 0.4) is 0 Å². The van der Waals surface area contributed by atoms with Gasteiger partial charge in [0.15, 0.2) is 5.65 Å². The van der Waals surface area contributed by atoms with Crippen molar-refractivity contribution < 1.29 is 9.32 Å². The summed E-state index contributed by atoms with van der Waals surface area (Å²) in [7, 11) is 0. The number of hydrogen-bond donors (Lipinski definition) is 1. The van der Waals surface area contributed by atoms with Gasteiger partial charge in [-0.15, -0.1) is 16.3 Å². The van der Waals surface area contributed by atoms with Crippen molar-refractivity contribution in [1.29, 1.82) is 0 Å². The molecule has 2 heterocycles. The summed E-state index contributed by atoms with van der Waals surface area (Å²) in [5.41, 5.74) is 1.70. The second kappa shape index (κ2) is 7.14. The van der Waals surface area contributed by atoms with Crippen LogP contribution in [0.5, 0.6) is 0 Å². The number of aromatic nitrogens is 2. The average Bonchev–Trinajstić information content (AvgIpc) is 2.95. The lowest BCUT2D eigenvalue weighted by molar-refractivity contribution is -0.118. The van der Waals surface area contributed by atoms with Crippen LogP contribution in [0.4, 0.5) is 5.69 Å². The normalized spacial score (nSPS) is 11.2. The number of carbonyl (C=O) groups excluding carboxylic acids is 1. The lowest BCUT2D eigenvalue weighted by atomic mass is 10.2. The molecular weight excluding hydrogens is 338 g/mol. The van der Waals surface area contributed by atoms with E-state index in [1.165, 1.54) is 22.4 Å². The fraction of sp³-hybridized carbons (Fsp3) is 0.278. The van der Waals surface area contributed by atoms with Crippen molar-refractivity contribution >= 4 is 29.0 Å². The third-order valence-corrected chi connectivity index (χ3v) is 4.68.